The van der Waals surface area contributed by atoms with Crippen molar-refractivity contribution in [2.24, 2.45) is 11.3 Å². The first-order chi connectivity index (χ1) is 13.9. The first-order valence-electron chi connectivity index (χ1n) is 10.2. The van der Waals surface area contributed by atoms with Gasteiger partial charge in [-0.15, -0.1) is 0 Å². The number of carbonyl (C=O) groups is 2. The zero-order chi connectivity index (χ0) is 22.6. The Kier molecular flexibility index (Phi) is 7.64. The second-order valence-electron chi connectivity index (χ2n) is 9.34. The Morgan fingerprint density at radius 1 is 1.30 bits per heavy atom. The Morgan fingerprint density at radius 3 is 2.57 bits per heavy atom. The minimum atomic E-state index is -0.451. The van der Waals surface area contributed by atoms with Crippen LogP contribution in [0.25, 0.3) is 0 Å². The number of nitrogens with zero attached hydrogens (tertiary/aromatic N) is 1. The van der Waals surface area contributed by atoms with Crippen LogP contribution in [-0.4, -0.2) is 35.5 Å². The molecular formula is C23H33N3O3S. The van der Waals surface area contributed by atoms with Crippen molar-refractivity contribution in [3.05, 3.63) is 41.1 Å². The lowest BCUT2D eigenvalue weighted by molar-refractivity contribution is -0.140. The quantitative estimate of drug-likeness (QED) is 0.514. The Labute approximate surface area is 185 Å². The predicted octanol–water partition coefficient (Wildman–Crippen LogP) is 4.40. The van der Waals surface area contributed by atoms with E-state index in [1.165, 1.54) is 0 Å². The second kappa shape index (κ2) is 9.60. The van der Waals surface area contributed by atoms with Gasteiger partial charge in [0.25, 0.3) is 0 Å². The minimum absolute atomic E-state index is 0.0465. The zero-order valence-electron chi connectivity index (χ0n) is 19.0. The highest BCUT2D eigenvalue weighted by molar-refractivity contribution is 7.80. The van der Waals surface area contributed by atoms with Gasteiger partial charge in [0.05, 0.1) is 18.2 Å². The molecule has 1 aliphatic heterocycles. The van der Waals surface area contributed by atoms with Crippen LogP contribution < -0.4 is 10.6 Å². The van der Waals surface area contributed by atoms with Crippen molar-refractivity contribution in [2.75, 3.05) is 19.0 Å². The van der Waals surface area contributed by atoms with Gasteiger partial charge in [-0.1, -0.05) is 46.8 Å². The highest BCUT2D eigenvalue weighted by Crippen LogP contribution is 2.32. The number of rotatable bonds is 6. The van der Waals surface area contributed by atoms with Gasteiger partial charge in [-0.05, 0) is 48.2 Å². The summed E-state index contributed by atoms with van der Waals surface area (Å²) in [4.78, 5) is 27.0. The molecule has 2 N–H and O–H groups in total. The summed E-state index contributed by atoms with van der Waals surface area (Å²) < 4.78 is 5.52. The smallest absolute Gasteiger partial charge is 0.338 e. The van der Waals surface area contributed by atoms with E-state index in [4.69, 9.17) is 17.0 Å². The molecule has 30 heavy (non-hydrogen) atoms. The number of amides is 1. The molecule has 7 heteroatoms. The van der Waals surface area contributed by atoms with Gasteiger partial charge >= 0.3 is 5.97 Å². The third-order valence-electron chi connectivity index (χ3n) is 4.72. The highest BCUT2D eigenvalue weighted by atomic mass is 32.1. The van der Waals surface area contributed by atoms with Crippen molar-refractivity contribution < 1.29 is 14.3 Å². The molecular weight excluding hydrogens is 398 g/mol. The first kappa shape index (κ1) is 23.9. The van der Waals surface area contributed by atoms with Gasteiger partial charge in [0, 0.05) is 24.9 Å². The molecule has 1 amide bonds. The number of ether oxygens (including phenoxy) is 1. The maximum absolute atomic E-state index is 12.9. The Hall–Kier alpha value is -2.41. The molecule has 0 bridgehead atoms. The molecule has 1 heterocycles. The molecule has 1 aromatic carbocycles. The van der Waals surface area contributed by atoms with E-state index in [0.29, 0.717) is 29.4 Å². The number of carbonyl (C=O) groups excluding carboxylic acids is 2. The lowest BCUT2D eigenvalue weighted by Gasteiger charge is -2.35. The third kappa shape index (κ3) is 6.29. The molecule has 0 aromatic heterocycles. The van der Waals surface area contributed by atoms with Crippen molar-refractivity contribution in [1.82, 2.24) is 10.2 Å². The summed E-state index contributed by atoms with van der Waals surface area (Å²) in [5, 5.41) is 6.72. The number of esters is 1. The van der Waals surface area contributed by atoms with E-state index in [2.05, 4.69) is 10.6 Å². The molecule has 1 aliphatic rings. The number of nitrogens with one attached hydrogen (secondary N) is 2. The van der Waals surface area contributed by atoms with Crippen molar-refractivity contribution in [3.8, 4) is 0 Å². The van der Waals surface area contributed by atoms with Crippen molar-refractivity contribution in [2.45, 2.75) is 54.0 Å². The molecule has 0 saturated carbocycles. The number of thiocarbonyl (C=S) groups is 1. The Bertz CT molecular complexity index is 855. The first-order valence-corrected chi connectivity index (χ1v) is 10.6. The summed E-state index contributed by atoms with van der Waals surface area (Å²) in [7, 11) is 1.82. The topological polar surface area (TPSA) is 70.7 Å². The van der Waals surface area contributed by atoms with E-state index in [-0.39, 0.29) is 23.2 Å². The van der Waals surface area contributed by atoms with Gasteiger partial charge in [-0.25, -0.2) is 4.79 Å². The van der Waals surface area contributed by atoms with Gasteiger partial charge < -0.3 is 20.3 Å². The van der Waals surface area contributed by atoms with Gasteiger partial charge in [0.2, 0.25) is 5.91 Å². The molecule has 6 nitrogen and oxygen atoms in total. The second-order valence-corrected chi connectivity index (χ2v) is 9.73. The van der Waals surface area contributed by atoms with Crippen LogP contribution >= 0.6 is 12.2 Å². The van der Waals surface area contributed by atoms with Gasteiger partial charge in [0.15, 0.2) is 5.11 Å². The molecule has 1 atom stereocenters. The van der Waals surface area contributed by atoms with E-state index < -0.39 is 6.04 Å². The van der Waals surface area contributed by atoms with Crippen LogP contribution in [0.5, 0.6) is 0 Å². The maximum atomic E-state index is 12.9. The largest absolute Gasteiger partial charge is 0.462 e. The minimum Gasteiger partial charge on any atom is -0.462 e. The van der Waals surface area contributed by atoms with Crippen LogP contribution in [0.4, 0.5) is 5.69 Å². The molecule has 0 aliphatic carbocycles. The molecule has 0 spiro atoms. The van der Waals surface area contributed by atoms with Crippen LogP contribution in [-0.2, 0) is 14.3 Å². The summed E-state index contributed by atoms with van der Waals surface area (Å²) in [5.41, 5.74) is 2.68. The van der Waals surface area contributed by atoms with Crippen LogP contribution in [0.2, 0.25) is 0 Å². The fraction of sp³-hybridized carbons (Fsp3) is 0.522. The predicted molar refractivity (Wildman–Crippen MR) is 124 cm³/mol. The van der Waals surface area contributed by atoms with Gasteiger partial charge in [-0.2, -0.15) is 0 Å². The SMILES string of the molecule is CC1=C(C(=O)OCC(C)C)[C@H](c2cccc(NC(=O)CC(C)(C)C)c2)NC(=S)N1C. The molecule has 1 aromatic rings. The third-order valence-corrected chi connectivity index (χ3v) is 5.11. The summed E-state index contributed by atoms with van der Waals surface area (Å²) in [6.07, 6.45) is 0.416. The van der Waals surface area contributed by atoms with Crippen LogP contribution in [0, 0.1) is 11.3 Å². The van der Waals surface area contributed by atoms with E-state index in [9.17, 15) is 9.59 Å². The molecule has 2 rings (SSSR count). The van der Waals surface area contributed by atoms with Crippen LogP contribution in [0.15, 0.2) is 35.5 Å². The zero-order valence-corrected chi connectivity index (χ0v) is 19.8. The van der Waals surface area contributed by atoms with Crippen molar-refractivity contribution in [3.63, 3.8) is 0 Å². The average molecular weight is 432 g/mol. The molecule has 0 saturated heterocycles. The number of benzene rings is 1. The lowest BCUT2D eigenvalue weighted by atomic mass is 9.92. The van der Waals surface area contributed by atoms with E-state index in [0.717, 1.165) is 11.3 Å². The highest BCUT2D eigenvalue weighted by Gasteiger charge is 2.33. The van der Waals surface area contributed by atoms with Crippen molar-refractivity contribution in [1.29, 1.82) is 0 Å². The Morgan fingerprint density at radius 2 is 1.97 bits per heavy atom. The summed E-state index contributed by atoms with van der Waals surface area (Å²) in [5.74, 6) is -0.171. The number of hydrogen-bond donors (Lipinski definition) is 2. The molecule has 0 unspecified atom stereocenters. The van der Waals surface area contributed by atoms with Gasteiger partial charge in [0.1, 0.15) is 0 Å². The van der Waals surface area contributed by atoms with E-state index >= 15 is 0 Å². The normalized spacial score (nSPS) is 17.1. The number of allylic oxidation sites excluding steroid dienone is 1. The van der Waals surface area contributed by atoms with Crippen LogP contribution in [0.3, 0.4) is 0 Å². The monoisotopic (exact) mass is 431 g/mol. The fourth-order valence-corrected chi connectivity index (χ4v) is 3.41. The molecule has 0 fully saturated rings. The molecule has 0 radical (unpaired) electrons. The summed E-state index contributed by atoms with van der Waals surface area (Å²) in [6.45, 7) is 12.3. The van der Waals surface area contributed by atoms with Crippen LogP contribution in [0.1, 0.15) is 59.6 Å². The lowest BCUT2D eigenvalue weighted by Crippen LogP contribution is -2.46. The van der Waals surface area contributed by atoms with E-state index in [1.807, 2.05) is 72.9 Å². The number of anilines is 1. The maximum Gasteiger partial charge on any atom is 0.338 e. The summed E-state index contributed by atoms with van der Waals surface area (Å²) >= 11 is 5.45. The van der Waals surface area contributed by atoms with Crippen molar-refractivity contribution >= 4 is 34.9 Å². The molecule has 164 valence electrons. The Balaban J connectivity index is 2.34. The van der Waals surface area contributed by atoms with E-state index in [1.54, 1.807) is 4.90 Å². The van der Waals surface area contributed by atoms with Gasteiger partial charge in [-0.3, -0.25) is 4.79 Å². The summed E-state index contributed by atoms with van der Waals surface area (Å²) in [6, 6.07) is 7.03. The fourth-order valence-electron chi connectivity index (χ4n) is 3.15. The number of hydrogen-bond acceptors (Lipinski definition) is 4. The average Bonchev–Trinajstić information content (AvgIpc) is 2.62. The standard InChI is InChI=1S/C23H33N3O3S/c1-14(2)13-29-21(28)19-15(3)26(7)22(30)25-20(19)16-9-8-10-17(11-16)24-18(27)12-23(4,5)6/h8-11,14,20H,12-13H2,1-7H3,(H,24,27)(H,25,30)/t20-/m0/s1.